The van der Waals surface area contributed by atoms with Crippen LogP contribution in [-0.2, 0) is 0 Å². The van der Waals surface area contributed by atoms with Crippen LogP contribution in [0.15, 0.2) is 66.7 Å². The first-order chi connectivity index (χ1) is 11.6. The van der Waals surface area contributed by atoms with Gasteiger partial charge in [-0.2, -0.15) is 0 Å². The van der Waals surface area contributed by atoms with E-state index in [2.05, 4.69) is 5.32 Å². The first kappa shape index (κ1) is 16.0. The van der Waals surface area contributed by atoms with Crippen molar-refractivity contribution in [3.8, 4) is 10.4 Å². The zero-order valence-corrected chi connectivity index (χ0v) is 13.5. The van der Waals surface area contributed by atoms with Crippen LogP contribution in [0.4, 0.5) is 5.69 Å². The van der Waals surface area contributed by atoms with Crippen molar-refractivity contribution in [2.75, 3.05) is 11.9 Å². The number of carbonyl (C=O) groups is 2. The normalized spacial score (nSPS) is 10.3. The second kappa shape index (κ2) is 7.10. The Hall–Kier alpha value is -2.92. The van der Waals surface area contributed by atoms with Crippen LogP contribution in [0.1, 0.15) is 20.0 Å². The van der Waals surface area contributed by atoms with Gasteiger partial charge >= 0.3 is 5.97 Å². The molecular formula is C19H15NO3S. The Balaban J connectivity index is 1.81. The van der Waals surface area contributed by atoms with E-state index in [0.717, 1.165) is 10.4 Å². The fourth-order valence-corrected chi connectivity index (χ4v) is 3.31. The molecule has 0 spiro atoms. The van der Waals surface area contributed by atoms with Gasteiger partial charge in [0.05, 0.1) is 12.2 Å². The highest BCUT2D eigenvalue weighted by atomic mass is 32.1. The second-order valence-corrected chi connectivity index (χ2v) is 6.22. The van der Waals surface area contributed by atoms with E-state index in [-0.39, 0.29) is 17.2 Å². The number of benzene rings is 2. The maximum atomic E-state index is 12.2. The van der Waals surface area contributed by atoms with Gasteiger partial charge in [0.2, 0.25) is 0 Å². The van der Waals surface area contributed by atoms with Crippen LogP contribution in [0, 0.1) is 0 Å². The van der Waals surface area contributed by atoms with E-state index in [1.54, 1.807) is 30.3 Å². The number of Topliss-reactive ketones (excluding diaryl/α,β-unsaturated/α-hetero) is 1. The zero-order valence-electron chi connectivity index (χ0n) is 12.7. The summed E-state index contributed by atoms with van der Waals surface area (Å²) in [6.07, 6.45) is 0. The number of anilines is 1. The first-order valence-corrected chi connectivity index (χ1v) is 8.21. The lowest BCUT2D eigenvalue weighted by Crippen LogP contribution is -2.14. The molecule has 0 aliphatic carbocycles. The van der Waals surface area contributed by atoms with Crippen molar-refractivity contribution in [3.05, 3.63) is 77.2 Å². The Morgan fingerprint density at radius 3 is 2.21 bits per heavy atom. The number of ketones is 1. The van der Waals surface area contributed by atoms with E-state index in [1.807, 2.05) is 36.4 Å². The summed E-state index contributed by atoms with van der Waals surface area (Å²) >= 11 is 1.19. The third-order valence-electron chi connectivity index (χ3n) is 3.52. The third-order valence-corrected chi connectivity index (χ3v) is 4.69. The van der Waals surface area contributed by atoms with Crippen molar-refractivity contribution >= 4 is 28.8 Å². The largest absolute Gasteiger partial charge is 0.477 e. The summed E-state index contributed by atoms with van der Waals surface area (Å²) in [6.45, 7) is 0.0508. The Morgan fingerprint density at radius 1 is 0.958 bits per heavy atom. The minimum Gasteiger partial charge on any atom is -0.477 e. The minimum atomic E-state index is -1.00. The molecule has 0 unspecified atom stereocenters. The molecule has 0 fully saturated rings. The lowest BCUT2D eigenvalue weighted by molar-refractivity contribution is 0.0702. The van der Waals surface area contributed by atoms with Gasteiger partial charge < -0.3 is 10.4 Å². The van der Waals surface area contributed by atoms with Gasteiger partial charge in [0, 0.05) is 10.4 Å². The Labute approximate surface area is 143 Å². The molecule has 1 heterocycles. The molecule has 0 saturated carbocycles. The molecule has 0 radical (unpaired) electrons. The summed E-state index contributed by atoms with van der Waals surface area (Å²) in [4.78, 5) is 24.7. The molecule has 0 bridgehead atoms. The summed E-state index contributed by atoms with van der Waals surface area (Å²) in [5.74, 6) is -1.09. The number of carboxylic acid groups (broad SMARTS) is 1. The molecule has 0 atom stereocenters. The number of hydrogen-bond donors (Lipinski definition) is 2. The molecule has 4 nitrogen and oxygen atoms in total. The van der Waals surface area contributed by atoms with Gasteiger partial charge in [-0.3, -0.25) is 4.79 Å². The summed E-state index contributed by atoms with van der Waals surface area (Å²) in [5.41, 5.74) is 2.02. The number of aromatic carboxylic acids is 1. The lowest BCUT2D eigenvalue weighted by Gasteiger charge is -2.05. The quantitative estimate of drug-likeness (QED) is 0.654. The molecule has 0 aliphatic rings. The van der Waals surface area contributed by atoms with Gasteiger partial charge in [-0.1, -0.05) is 60.7 Å². The molecule has 2 N–H and O–H groups in total. The minimum absolute atomic E-state index is 0.0508. The van der Waals surface area contributed by atoms with Crippen LogP contribution in [0.25, 0.3) is 10.4 Å². The molecule has 0 aliphatic heterocycles. The Morgan fingerprint density at radius 2 is 1.58 bits per heavy atom. The lowest BCUT2D eigenvalue weighted by atomic mass is 10.1. The predicted molar refractivity (Wildman–Crippen MR) is 96.0 cm³/mol. The zero-order chi connectivity index (χ0) is 16.9. The molecule has 1 aromatic heterocycles. The van der Waals surface area contributed by atoms with E-state index < -0.39 is 5.97 Å². The fourth-order valence-electron chi connectivity index (χ4n) is 2.33. The number of thiophene rings is 1. The first-order valence-electron chi connectivity index (χ1n) is 7.40. The molecule has 24 heavy (non-hydrogen) atoms. The Bertz CT molecular complexity index is 857. The molecule has 5 heteroatoms. The van der Waals surface area contributed by atoms with Crippen LogP contribution in [0.3, 0.4) is 0 Å². The summed E-state index contributed by atoms with van der Waals surface area (Å²) < 4.78 is 0. The average Bonchev–Trinajstić information content (AvgIpc) is 3.06. The summed E-state index contributed by atoms with van der Waals surface area (Å²) in [7, 11) is 0. The van der Waals surface area contributed by atoms with Gasteiger partial charge in [-0.25, -0.2) is 4.79 Å². The highest BCUT2D eigenvalue weighted by molar-refractivity contribution is 7.18. The monoisotopic (exact) mass is 337 g/mol. The number of rotatable bonds is 6. The number of carboxylic acids is 1. The maximum absolute atomic E-state index is 12.2. The molecular weight excluding hydrogens is 322 g/mol. The SMILES string of the molecule is O=C(CNc1cc(-c2ccccc2)sc1C(=O)O)c1ccccc1. The van der Waals surface area contributed by atoms with Crippen molar-refractivity contribution in [2.24, 2.45) is 0 Å². The van der Waals surface area contributed by atoms with E-state index in [0.29, 0.717) is 11.3 Å². The van der Waals surface area contributed by atoms with Gasteiger partial charge in [0.15, 0.2) is 5.78 Å². The topological polar surface area (TPSA) is 66.4 Å². The molecule has 2 aromatic carbocycles. The van der Waals surface area contributed by atoms with Crippen molar-refractivity contribution in [1.82, 2.24) is 0 Å². The van der Waals surface area contributed by atoms with Gasteiger partial charge in [-0.05, 0) is 11.6 Å². The molecule has 0 saturated heterocycles. The number of nitrogens with one attached hydrogen (secondary N) is 1. The van der Waals surface area contributed by atoms with Crippen molar-refractivity contribution in [2.45, 2.75) is 0 Å². The molecule has 3 aromatic rings. The van der Waals surface area contributed by atoms with Gasteiger partial charge in [0.1, 0.15) is 4.88 Å². The molecule has 3 rings (SSSR count). The van der Waals surface area contributed by atoms with Gasteiger partial charge in [0.25, 0.3) is 0 Å². The highest BCUT2D eigenvalue weighted by Crippen LogP contribution is 2.34. The standard InChI is InChI=1S/C19H15NO3S/c21-16(13-7-3-1-4-8-13)12-20-15-11-17(24-18(15)19(22)23)14-9-5-2-6-10-14/h1-11,20H,12H2,(H,22,23). The van der Waals surface area contributed by atoms with Crippen LogP contribution >= 0.6 is 11.3 Å². The van der Waals surface area contributed by atoms with E-state index in [4.69, 9.17) is 0 Å². The maximum Gasteiger partial charge on any atom is 0.348 e. The van der Waals surface area contributed by atoms with E-state index in [1.165, 1.54) is 11.3 Å². The van der Waals surface area contributed by atoms with Crippen molar-refractivity contribution in [1.29, 1.82) is 0 Å². The summed E-state index contributed by atoms with van der Waals surface area (Å²) in [6, 6.07) is 20.3. The van der Waals surface area contributed by atoms with Crippen molar-refractivity contribution in [3.63, 3.8) is 0 Å². The van der Waals surface area contributed by atoms with Crippen LogP contribution in [-0.4, -0.2) is 23.4 Å². The average molecular weight is 337 g/mol. The van der Waals surface area contributed by atoms with E-state index >= 15 is 0 Å². The third kappa shape index (κ3) is 3.52. The Kier molecular flexibility index (Phi) is 4.72. The van der Waals surface area contributed by atoms with Gasteiger partial charge in [-0.15, -0.1) is 11.3 Å². The second-order valence-electron chi connectivity index (χ2n) is 5.17. The fraction of sp³-hybridized carbons (Fsp3) is 0.0526. The van der Waals surface area contributed by atoms with Crippen LogP contribution < -0.4 is 5.32 Å². The van der Waals surface area contributed by atoms with Crippen molar-refractivity contribution < 1.29 is 14.7 Å². The molecule has 0 amide bonds. The van der Waals surface area contributed by atoms with Crippen LogP contribution in [0.5, 0.6) is 0 Å². The van der Waals surface area contributed by atoms with Crippen LogP contribution in [0.2, 0.25) is 0 Å². The smallest absolute Gasteiger partial charge is 0.348 e. The van der Waals surface area contributed by atoms with E-state index in [9.17, 15) is 14.7 Å². The number of carbonyl (C=O) groups excluding carboxylic acids is 1. The molecule has 120 valence electrons. The number of hydrogen-bond acceptors (Lipinski definition) is 4. The summed E-state index contributed by atoms with van der Waals surface area (Å²) in [5, 5.41) is 12.4. The predicted octanol–water partition coefficient (Wildman–Crippen LogP) is 4.41. The highest BCUT2D eigenvalue weighted by Gasteiger charge is 2.17.